The lowest BCUT2D eigenvalue weighted by atomic mass is 10.3. The van der Waals surface area contributed by atoms with Gasteiger partial charge in [0.25, 0.3) is 0 Å². The van der Waals surface area contributed by atoms with E-state index in [1.54, 1.807) is 9.80 Å². The molecule has 1 aliphatic heterocycles. The van der Waals surface area contributed by atoms with E-state index in [2.05, 4.69) is 19.9 Å². The van der Waals surface area contributed by atoms with E-state index in [1.165, 1.54) is 0 Å². The van der Waals surface area contributed by atoms with E-state index in [4.69, 9.17) is 0 Å². The van der Waals surface area contributed by atoms with Gasteiger partial charge < -0.3 is 9.80 Å². The van der Waals surface area contributed by atoms with E-state index in [0.717, 1.165) is 24.5 Å². The third-order valence-electron chi connectivity index (χ3n) is 3.93. The van der Waals surface area contributed by atoms with Gasteiger partial charge in [-0.25, -0.2) is 19.9 Å². The molecular formula is C15H14F6N6. The zero-order chi connectivity index (χ0) is 19.7. The quantitative estimate of drug-likeness (QED) is 0.733. The summed E-state index contributed by atoms with van der Waals surface area (Å²) in [5.74, 6) is -0.145. The lowest BCUT2D eigenvalue weighted by Crippen LogP contribution is -2.33. The molecule has 0 bridgehead atoms. The van der Waals surface area contributed by atoms with Crippen molar-refractivity contribution in [3.63, 3.8) is 0 Å². The first kappa shape index (κ1) is 19.1. The van der Waals surface area contributed by atoms with Crippen molar-refractivity contribution in [2.75, 3.05) is 36.0 Å². The maximum absolute atomic E-state index is 12.8. The van der Waals surface area contributed by atoms with E-state index >= 15 is 0 Å². The fourth-order valence-electron chi connectivity index (χ4n) is 2.63. The molecule has 2 aromatic heterocycles. The van der Waals surface area contributed by atoms with Crippen LogP contribution in [0.2, 0.25) is 0 Å². The first-order valence-electron chi connectivity index (χ1n) is 7.95. The summed E-state index contributed by atoms with van der Waals surface area (Å²) in [6.07, 6.45) is -6.63. The summed E-state index contributed by atoms with van der Waals surface area (Å²) in [7, 11) is 0. The van der Waals surface area contributed by atoms with Crippen LogP contribution in [-0.2, 0) is 12.4 Å². The Morgan fingerprint density at radius 2 is 1.07 bits per heavy atom. The Balaban J connectivity index is 1.75. The van der Waals surface area contributed by atoms with Crippen molar-refractivity contribution >= 4 is 11.9 Å². The van der Waals surface area contributed by atoms with Gasteiger partial charge >= 0.3 is 12.4 Å². The number of anilines is 2. The second-order valence-corrected chi connectivity index (χ2v) is 5.81. The number of rotatable bonds is 2. The summed E-state index contributed by atoms with van der Waals surface area (Å²) >= 11 is 0. The van der Waals surface area contributed by atoms with Crippen LogP contribution in [0.25, 0.3) is 0 Å². The van der Waals surface area contributed by atoms with Gasteiger partial charge in [0.15, 0.2) is 0 Å². The fourth-order valence-corrected chi connectivity index (χ4v) is 2.63. The highest BCUT2D eigenvalue weighted by Gasteiger charge is 2.34. The van der Waals surface area contributed by atoms with Crippen LogP contribution in [0.4, 0.5) is 38.2 Å². The monoisotopic (exact) mass is 392 g/mol. The molecule has 146 valence electrons. The van der Waals surface area contributed by atoms with Crippen molar-refractivity contribution in [3.05, 3.63) is 35.9 Å². The van der Waals surface area contributed by atoms with Crippen LogP contribution in [0.3, 0.4) is 0 Å². The molecule has 0 spiro atoms. The van der Waals surface area contributed by atoms with Crippen LogP contribution in [0.15, 0.2) is 24.5 Å². The highest BCUT2D eigenvalue weighted by atomic mass is 19.4. The molecule has 0 aromatic carbocycles. The van der Waals surface area contributed by atoms with E-state index in [0.29, 0.717) is 19.5 Å². The normalized spacial score (nSPS) is 16.4. The average Bonchev–Trinajstić information content (AvgIpc) is 2.87. The molecule has 3 heterocycles. The summed E-state index contributed by atoms with van der Waals surface area (Å²) in [6, 6.07) is 1.56. The fraction of sp³-hybridized carbons (Fsp3) is 0.467. The molecule has 12 heteroatoms. The number of halogens is 6. The Kier molecular flexibility index (Phi) is 5.07. The van der Waals surface area contributed by atoms with Crippen molar-refractivity contribution < 1.29 is 26.3 Å². The maximum atomic E-state index is 12.8. The lowest BCUT2D eigenvalue weighted by molar-refractivity contribution is -0.142. The number of alkyl halides is 6. The first-order chi connectivity index (χ1) is 12.6. The van der Waals surface area contributed by atoms with Crippen LogP contribution in [0.1, 0.15) is 17.8 Å². The van der Waals surface area contributed by atoms with Gasteiger partial charge in [-0.15, -0.1) is 0 Å². The second kappa shape index (κ2) is 7.16. The van der Waals surface area contributed by atoms with Crippen LogP contribution in [0, 0.1) is 0 Å². The topological polar surface area (TPSA) is 58.0 Å². The molecule has 0 unspecified atom stereocenters. The summed E-state index contributed by atoms with van der Waals surface area (Å²) in [6.45, 7) is 1.16. The zero-order valence-electron chi connectivity index (χ0n) is 13.8. The largest absolute Gasteiger partial charge is 0.433 e. The van der Waals surface area contributed by atoms with Crippen LogP contribution < -0.4 is 9.80 Å². The Hall–Kier alpha value is -2.66. The Bertz CT molecular complexity index is 727. The molecule has 6 nitrogen and oxygen atoms in total. The van der Waals surface area contributed by atoms with E-state index in [1.807, 2.05) is 0 Å². The molecule has 1 saturated heterocycles. The Morgan fingerprint density at radius 1 is 0.667 bits per heavy atom. The van der Waals surface area contributed by atoms with Crippen molar-refractivity contribution in [2.45, 2.75) is 18.8 Å². The first-order valence-corrected chi connectivity index (χ1v) is 7.95. The van der Waals surface area contributed by atoms with Gasteiger partial charge in [-0.1, -0.05) is 0 Å². The van der Waals surface area contributed by atoms with E-state index in [9.17, 15) is 26.3 Å². The minimum absolute atomic E-state index is 0.0726. The molecular weight excluding hydrogens is 378 g/mol. The van der Waals surface area contributed by atoms with Crippen molar-refractivity contribution in [1.82, 2.24) is 19.9 Å². The van der Waals surface area contributed by atoms with E-state index < -0.39 is 23.7 Å². The van der Waals surface area contributed by atoms with Gasteiger partial charge in [0.1, 0.15) is 11.4 Å². The summed E-state index contributed by atoms with van der Waals surface area (Å²) in [5.41, 5.74) is -2.09. The molecule has 2 aromatic rings. The number of hydrogen-bond donors (Lipinski definition) is 0. The molecule has 0 N–H and O–H groups in total. The number of nitrogens with zero attached hydrogens (tertiary/aromatic N) is 6. The van der Waals surface area contributed by atoms with Gasteiger partial charge in [-0.2, -0.15) is 26.3 Å². The predicted octanol–water partition coefficient (Wildman–Crippen LogP) is 3.02. The van der Waals surface area contributed by atoms with Gasteiger partial charge in [0.2, 0.25) is 11.9 Å². The van der Waals surface area contributed by atoms with Gasteiger partial charge in [0.05, 0.1) is 0 Å². The Labute approximate surface area is 149 Å². The predicted molar refractivity (Wildman–Crippen MR) is 83.1 cm³/mol. The molecule has 0 saturated carbocycles. The average molecular weight is 392 g/mol. The second-order valence-electron chi connectivity index (χ2n) is 5.81. The third kappa shape index (κ3) is 4.55. The number of aromatic nitrogens is 4. The van der Waals surface area contributed by atoms with Crippen molar-refractivity contribution in [1.29, 1.82) is 0 Å². The molecule has 3 rings (SSSR count). The standard InChI is InChI=1S/C15H14F6N6/c16-14(17,18)10-2-4-22-12(24-10)26-6-1-7-27(9-8-26)13-23-5-3-11(25-13)15(19,20)21/h2-5H,1,6-9H2. The Morgan fingerprint density at radius 3 is 1.44 bits per heavy atom. The van der Waals surface area contributed by atoms with E-state index in [-0.39, 0.29) is 25.0 Å². The molecule has 0 amide bonds. The lowest BCUT2D eigenvalue weighted by Gasteiger charge is -2.22. The molecule has 1 aliphatic rings. The van der Waals surface area contributed by atoms with Crippen LogP contribution >= 0.6 is 0 Å². The summed E-state index contributed by atoms with van der Waals surface area (Å²) < 4.78 is 76.8. The smallest absolute Gasteiger partial charge is 0.339 e. The molecule has 0 atom stereocenters. The molecule has 27 heavy (non-hydrogen) atoms. The molecule has 1 fully saturated rings. The maximum Gasteiger partial charge on any atom is 0.433 e. The minimum atomic E-state index is -4.58. The molecule has 0 aliphatic carbocycles. The highest BCUT2D eigenvalue weighted by Crippen LogP contribution is 2.29. The van der Waals surface area contributed by atoms with Crippen molar-refractivity contribution in [3.8, 4) is 0 Å². The van der Waals surface area contributed by atoms with Gasteiger partial charge in [-0.05, 0) is 18.6 Å². The zero-order valence-corrected chi connectivity index (χ0v) is 13.8. The molecule has 0 radical (unpaired) electrons. The van der Waals surface area contributed by atoms with Crippen LogP contribution in [-0.4, -0.2) is 46.1 Å². The minimum Gasteiger partial charge on any atom is -0.339 e. The van der Waals surface area contributed by atoms with Crippen LogP contribution in [0.5, 0.6) is 0 Å². The highest BCUT2D eigenvalue weighted by molar-refractivity contribution is 5.36. The third-order valence-corrected chi connectivity index (χ3v) is 3.93. The summed E-state index contributed by atoms with van der Waals surface area (Å²) in [5, 5.41) is 0. The summed E-state index contributed by atoms with van der Waals surface area (Å²) in [4.78, 5) is 18.0. The van der Waals surface area contributed by atoms with Gasteiger partial charge in [-0.3, -0.25) is 0 Å². The SMILES string of the molecule is FC(F)(F)c1ccnc(N2CCCN(c3nccc(C(F)(F)F)n3)CC2)n1. The number of hydrogen-bond acceptors (Lipinski definition) is 6. The van der Waals surface area contributed by atoms with Crippen molar-refractivity contribution in [2.24, 2.45) is 0 Å². The van der Waals surface area contributed by atoms with Gasteiger partial charge in [0, 0.05) is 38.6 Å².